The topological polar surface area (TPSA) is 69.7 Å². The van der Waals surface area contributed by atoms with Gasteiger partial charge in [0.2, 0.25) is 11.6 Å². The van der Waals surface area contributed by atoms with E-state index in [0.29, 0.717) is 11.1 Å². The van der Waals surface area contributed by atoms with E-state index in [2.05, 4.69) is 0 Å². The molecule has 0 saturated carbocycles. The minimum atomic E-state index is -0.466. The predicted molar refractivity (Wildman–Crippen MR) is 111 cm³/mol. The Morgan fingerprint density at radius 2 is 1.00 bits per heavy atom. The fourth-order valence-electron chi connectivity index (χ4n) is 1.96. The molecule has 0 aromatic heterocycles. The summed E-state index contributed by atoms with van der Waals surface area (Å²) in [4.78, 5) is 33.0. The smallest absolute Gasteiger partial charge is 0.233 e. The molecule has 0 aliphatic heterocycles. The maximum absolute atomic E-state index is 11.8. The van der Waals surface area contributed by atoms with Gasteiger partial charge in [0.1, 0.15) is 5.78 Å². The summed E-state index contributed by atoms with van der Waals surface area (Å²) in [5.74, 6) is -0.765. The summed E-state index contributed by atoms with van der Waals surface area (Å²) in [5, 5.41) is 0. The monoisotopic (exact) mass is 386 g/mol. The highest BCUT2D eigenvalue weighted by Gasteiger charge is 2.17. The molecule has 0 spiro atoms. The molecule has 0 N–H and O–H groups in total. The van der Waals surface area contributed by atoms with E-state index >= 15 is 0 Å². The molecule has 0 unspecified atom stereocenters. The first-order valence-electron chi connectivity index (χ1n) is 9.22. The second-order valence-corrected chi connectivity index (χ2v) is 5.78. The standard InChI is InChI=1S/C14H10O2.C6H14O2.C3H6O/c15-13(11-7-3-1-4-8-11)14(16)12-9-5-2-6-10-12;1-4-7-6(3)8-5-2;1-3(2)4/h1-10H;6H,4-5H2,1-3H3;1-2H3. The molecular formula is C23H30O5. The summed E-state index contributed by atoms with van der Waals surface area (Å²) >= 11 is 0. The predicted octanol–water partition coefficient (Wildman–Crippen LogP) is 4.75. The molecule has 0 atom stereocenters. The van der Waals surface area contributed by atoms with Gasteiger partial charge in [0, 0.05) is 24.3 Å². The van der Waals surface area contributed by atoms with Gasteiger partial charge in [0.05, 0.1) is 0 Å². The Balaban J connectivity index is 0.000000511. The fourth-order valence-corrected chi connectivity index (χ4v) is 1.96. The Labute approximate surface area is 167 Å². The van der Waals surface area contributed by atoms with Crippen LogP contribution in [0.25, 0.3) is 0 Å². The van der Waals surface area contributed by atoms with Crippen LogP contribution >= 0.6 is 0 Å². The molecule has 5 nitrogen and oxygen atoms in total. The Morgan fingerprint density at radius 3 is 1.25 bits per heavy atom. The Kier molecular flexibility index (Phi) is 14.0. The lowest BCUT2D eigenvalue weighted by molar-refractivity contribution is -0.123. The van der Waals surface area contributed by atoms with E-state index in [9.17, 15) is 14.4 Å². The van der Waals surface area contributed by atoms with Crippen molar-refractivity contribution >= 4 is 17.3 Å². The van der Waals surface area contributed by atoms with E-state index < -0.39 is 11.6 Å². The van der Waals surface area contributed by atoms with E-state index in [1.807, 2.05) is 32.9 Å². The van der Waals surface area contributed by atoms with Gasteiger partial charge in [-0.15, -0.1) is 0 Å². The Hall–Kier alpha value is -2.63. The number of hydrogen-bond donors (Lipinski definition) is 0. The number of carbonyl (C=O) groups excluding carboxylic acids is 3. The average molecular weight is 386 g/mol. The van der Waals surface area contributed by atoms with Crippen molar-refractivity contribution in [1.82, 2.24) is 0 Å². The molecule has 0 heterocycles. The van der Waals surface area contributed by atoms with Crippen LogP contribution in [0.4, 0.5) is 0 Å². The highest BCUT2D eigenvalue weighted by Crippen LogP contribution is 2.07. The minimum Gasteiger partial charge on any atom is -0.353 e. The van der Waals surface area contributed by atoms with Crippen molar-refractivity contribution in [2.45, 2.75) is 40.9 Å². The number of ether oxygens (including phenoxy) is 2. The van der Waals surface area contributed by atoms with Crippen LogP contribution in [0.1, 0.15) is 55.3 Å². The zero-order chi connectivity index (χ0) is 21.4. The maximum atomic E-state index is 11.8. The largest absolute Gasteiger partial charge is 0.353 e. The summed E-state index contributed by atoms with van der Waals surface area (Å²) in [6, 6.07) is 17.2. The maximum Gasteiger partial charge on any atom is 0.233 e. The molecule has 0 saturated heterocycles. The van der Waals surface area contributed by atoms with Gasteiger partial charge >= 0.3 is 0 Å². The van der Waals surface area contributed by atoms with E-state index in [1.165, 1.54) is 13.8 Å². The first kappa shape index (κ1) is 25.4. The number of rotatable bonds is 7. The lowest BCUT2D eigenvalue weighted by Crippen LogP contribution is -2.14. The van der Waals surface area contributed by atoms with Crippen LogP contribution in [0.2, 0.25) is 0 Å². The van der Waals surface area contributed by atoms with Crippen LogP contribution in [-0.2, 0) is 14.3 Å². The molecule has 2 aromatic rings. The van der Waals surface area contributed by atoms with E-state index in [0.717, 1.165) is 13.2 Å². The molecule has 152 valence electrons. The first-order chi connectivity index (χ1) is 13.3. The van der Waals surface area contributed by atoms with Crippen molar-refractivity contribution < 1.29 is 23.9 Å². The molecule has 28 heavy (non-hydrogen) atoms. The van der Waals surface area contributed by atoms with Gasteiger partial charge in [0.15, 0.2) is 6.29 Å². The minimum absolute atomic E-state index is 0.0370. The van der Waals surface area contributed by atoms with Gasteiger partial charge in [-0.1, -0.05) is 60.7 Å². The third-order valence-electron chi connectivity index (χ3n) is 3.08. The summed E-state index contributed by atoms with van der Waals surface area (Å²) in [5.41, 5.74) is 0.854. The van der Waals surface area contributed by atoms with Crippen LogP contribution in [0.5, 0.6) is 0 Å². The van der Waals surface area contributed by atoms with Crippen molar-refractivity contribution in [1.29, 1.82) is 0 Å². The van der Waals surface area contributed by atoms with Gasteiger partial charge in [-0.3, -0.25) is 9.59 Å². The molecular weight excluding hydrogens is 356 g/mol. The lowest BCUT2D eigenvalue weighted by atomic mass is 10.0. The number of carbonyl (C=O) groups is 3. The lowest BCUT2D eigenvalue weighted by Gasteiger charge is -2.09. The first-order valence-corrected chi connectivity index (χ1v) is 9.22. The quantitative estimate of drug-likeness (QED) is 0.390. The summed E-state index contributed by atoms with van der Waals surface area (Å²) in [6.07, 6.45) is -0.0370. The third-order valence-corrected chi connectivity index (χ3v) is 3.08. The molecule has 0 fully saturated rings. The van der Waals surface area contributed by atoms with Crippen LogP contribution in [0.15, 0.2) is 60.7 Å². The number of ketones is 3. The van der Waals surface area contributed by atoms with Gasteiger partial charge in [-0.25, -0.2) is 0 Å². The highest BCUT2D eigenvalue weighted by molar-refractivity contribution is 6.49. The molecule has 5 heteroatoms. The third kappa shape index (κ3) is 11.9. The molecule has 0 bridgehead atoms. The second-order valence-electron chi connectivity index (χ2n) is 5.78. The molecule has 2 aromatic carbocycles. The van der Waals surface area contributed by atoms with Crippen molar-refractivity contribution in [3.63, 3.8) is 0 Å². The summed E-state index contributed by atoms with van der Waals surface area (Å²) in [7, 11) is 0. The number of benzene rings is 2. The zero-order valence-corrected chi connectivity index (χ0v) is 17.3. The number of hydrogen-bond acceptors (Lipinski definition) is 5. The number of Topliss-reactive ketones (excluding diaryl/α,β-unsaturated/α-hetero) is 3. The van der Waals surface area contributed by atoms with E-state index in [-0.39, 0.29) is 12.1 Å². The van der Waals surface area contributed by atoms with Gasteiger partial charge in [-0.05, 0) is 34.6 Å². The van der Waals surface area contributed by atoms with Crippen molar-refractivity contribution in [3.8, 4) is 0 Å². The van der Waals surface area contributed by atoms with Crippen LogP contribution in [0.3, 0.4) is 0 Å². The fraction of sp³-hybridized carbons (Fsp3) is 0.348. The molecule has 0 aliphatic rings. The highest BCUT2D eigenvalue weighted by atomic mass is 16.7. The van der Waals surface area contributed by atoms with Crippen LogP contribution < -0.4 is 0 Å². The Bertz CT molecular complexity index is 636. The van der Waals surface area contributed by atoms with Crippen molar-refractivity contribution in [3.05, 3.63) is 71.8 Å². The van der Waals surface area contributed by atoms with E-state index in [4.69, 9.17) is 9.47 Å². The van der Waals surface area contributed by atoms with Gasteiger partial charge < -0.3 is 14.3 Å². The second kappa shape index (κ2) is 15.4. The molecule has 0 amide bonds. The normalized spacial score (nSPS) is 9.50. The zero-order valence-electron chi connectivity index (χ0n) is 17.3. The molecule has 0 aliphatic carbocycles. The van der Waals surface area contributed by atoms with Crippen molar-refractivity contribution in [2.24, 2.45) is 0 Å². The molecule has 2 rings (SSSR count). The average Bonchev–Trinajstić information content (AvgIpc) is 2.69. The van der Waals surface area contributed by atoms with Crippen LogP contribution in [-0.4, -0.2) is 36.9 Å². The van der Waals surface area contributed by atoms with Crippen LogP contribution in [0, 0.1) is 0 Å². The SMILES string of the molecule is CC(C)=O.CCOC(C)OCC.O=C(C(=O)c1ccccc1)c1ccccc1. The summed E-state index contributed by atoms with van der Waals surface area (Å²) in [6.45, 7) is 10.3. The van der Waals surface area contributed by atoms with Gasteiger partial charge in [0.25, 0.3) is 0 Å². The van der Waals surface area contributed by atoms with E-state index in [1.54, 1.807) is 48.5 Å². The molecule has 0 radical (unpaired) electrons. The van der Waals surface area contributed by atoms with Gasteiger partial charge in [-0.2, -0.15) is 0 Å². The summed E-state index contributed by atoms with van der Waals surface area (Å²) < 4.78 is 10.1. The van der Waals surface area contributed by atoms with Crippen molar-refractivity contribution in [2.75, 3.05) is 13.2 Å². The Morgan fingerprint density at radius 1 is 0.714 bits per heavy atom.